The fourth-order valence-electron chi connectivity index (χ4n) is 3.50. The number of Topliss-reactive ketones (excluding diaryl/α,β-unsaturated/α-hetero) is 1. The molecule has 1 unspecified atom stereocenters. The molecule has 1 heterocycles. The minimum atomic E-state index is -1.47. The summed E-state index contributed by atoms with van der Waals surface area (Å²) in [7, 11) is 1.73. The number of anilines is 1. The highest BCUT2D eigenvalue weighted by atomic mass is 16.2. The second-order valence-electron chi connectivity index (χ2n) is 7.61. The molecule has 4 aromatic rings. The molecule has 0 aliphatic heterocycles. The van der Waals surface area contributed by atoms with Crippen molar-refractivity contribution in [1.29, 1.82) is 0 Å². The van der Waals surface area contributed by atoms with E-state index in [1.807, 2.05) is 24.3 Å². The van der Waals surface area contributed by atoms with Gasteiger partial charge in [0.25, 0.3) is 11.5 Å². The summed E-state index contributed by atoms with van der Waals surface area (Å²) >= 11 is 0. The van der Waals surface area contributed by atoms with Crippen molar-refractivity contribution in [3.05, 3.63) is 113 Å². The maximum atomic E-state index is 13.2. The van der Waals surface area contributed by atoms with Crippen molar-refractivity contribution in [1.82, 2.24) is 9.36 Å². The number of benzene rings is 3. The SMILES string of the molecule is Cc1c(N=NC(C(=O)Nc2ccccc2)C(=O)c2ccccc2)c(=O)n(-c2ccccc2)n1C. The summed E-state index contributed by atoms with van der Waals surface area (Å²) in [6.45, 7) is 1.73. The van der Waals surface area contributed by atoms with E-state index in [1.165, 1.54) is 4.68 Å². The smallest absolute Gasteiger partial charge is 0.299 e. The number of carbonyl (C=O) groups is 2. The van der Waals surface area contributed by atoms with Gasteiger partial charge >= 0.3 is 0 Å². The van der Waals surface area contributed by atoms with Crippen LogP contribution in [0.4, 0.5) is 11.4 Å². The minimum absolute atomic E-state index is 0.0599. The van der Waals surface area contributed by atoms with E-state index in [4.69, 9.17) is 0 Å². The number of nitrogens with one attached hydrogen (secondary N) is 1. The third-order valence-electron chi connectivity index (χ3n) is 5.39. The van der Waals surface area contributed by atoms with E-state index < -0.39 is 23.3 Å². The van der Waals surface area contributed by atoms with Gasteiger partial charge in [-0.1, -0.05) is 66.7 Å². The fraction of sp³-hybridized carbons (Fsp3) is 0.115. The molecule has 8 heteroatoms. The monoisotopic (exact) mass is 453 g/mol. The van der Waals surface area contributed by atoms with Crippen LogP contribution in [0, 0.1) is 6.92 Å². The van der Waals surface area contributed by atoms with Gasteiger partial charge in [0.1, 0.15) is 0 Å². The fourth-order valence-corrected chi connectivity index (χ4v) is 3.50. The predicted octanol–water partition coefficient (Wildman–Crippen LogP) is 4.46. The number of aromatic nitrogens is 2. The van der Waals surface area contributed by atoms with Crippen LogP contribution < -0.4 is 10.9 Å². The number of ketones is 1. The Bertz CT molecular complexity index is 1390. The highest BCUT2D eigenvalue weighted by molar-refractivity contribution is 6.17. The third-order valence-corrected chi connectivity index (χ3v) is 5.39. The Labute approximate surface area is 196 Å². The van der Waals surface area contributed by atoms with Crippen LogP contribution in [0.3, 0.4) is 0 Å². The zero-order valence-electron chi connectivity index (χ0n) is 18.8. The molecule has 0 radical (unpaired) electrons. The molecule has 4 rings (SSSR count). The molecule has 1 aromatic heterocycles. The molecule has 0 bridgehead atoms. The average molecular weight is 454 g/mol. The Balaban J connectivity index is 1.72. The number of nitrogens with zero attached hydrogens (tertiary/aromatic N) is 4. The van der Waals surface area contributed by atoms with Crippen LogP contribution in [0.2, 0.25) is 0 Å². The first-order valence-corrected chi connectivity index (χ1v) is 10.7. The zero-order valence-corrected chi connectivity index (χ0v) is 18.8. The van der Waals surface area contributed by atoms with Crippen LogP contribution in [0.1, 0.15) is 16.1 Å². The lowest BCUT2D eigenvalue weighted by Gasteiger charge is -2.11. The van der Waals surface area contributed by atoms with E-state index in [9.17, 15) is 14.4 Å². The number of azo groups is 1. The van der Waals surface area contributed by atoms with E-state index in [1.54, 1.807) is 85.4 Å². The molecule has 0 fully saturated rings. The first-order valence-electron chi connectivity index (χ1n) is 10.7. The van der Waals surface area contributed by atoms with Gasteiger partial charge in [-0.3, -0.25) is 19.1 Å². The van der Waals surface area contributed by atoms with Gasteiger partial charge in [0.05, 0.1) is 11.4 Å². The lowest BCUT2D eigenvalue weighted by Crippen LogP contribution is -2.33. The summed E-state index contributed by atoms with van der Waals surface area (Å²) in [5.41, 5.74) is 1.72. The van der Waals surface area contributed by atoms with E-state index in [0.29, 0.717) is 22.6 Å². The number of amides is 1. The van der Waals surface area contributed by atoms with Gasteiger partial charge in [-0.2, -0.15) is 5.11 Å². The van der Waals surface area contributed by atoms with E-state index in [2.05, 4.69) is 15.5 Å². The summed E-state index contributed by atoms with van der Waals surface area (Å²) in [6, 6.07) is 24.8. The Morgan fingerprint density at radius 1 is 0.853 bits per heavy atom. The summed E-state index contributed by atoms with van der Waals surface area (Å²) < 4.78 is 3.12. The normalized spacial score (nSPS) is 11.9. The van der Waals surface area contributed by atoms with Gasteiger partial charge < -0.3 is 5.32 Å². The van der Waals surface area contributed by atoms with Gasteiger partial charge in [-0.25, -0.2) is 4.68 Å². The van der Waals surface area contributed by atoms with E-state index in [-0.39, 0.29) is 5.69 Å². The summed E-state index contributed by atoms with van der Waals surface area (Å²) in [5.74, 6) is -1.16. The highest BCUT2D eigenvalue weighted by Gasteiger charge is 2.28. The first-order chi connectivity index (χ1) is 16.5. The lowest BCUT2D eigenvalue weighted by molar-refractivity contribution is -0.116. The lowest BCUT2D eigenvalue weighted by atomic mass is 10.0. The Morgan fingerprint density at radius 3 is 2.03 bits per heavy atom. The molecule has 0 aliphatic rings. The van der Waals surface area contributed by atoms with Gasteiger partial charge in [0, 0.05) is 18.3 Å². The van der Waals surface area contributed by atoms with Crippen molar-refractivity contribution in [2.75, 3.05) is 5.32 Å². The van der Waals surface area contributed by atoms with Crippen molar-refractivity contribution in [3.8, 4) is 5.69 Å². The quantitative estimate of drug-likeness (QED) is 0.254. The van der Waals surface area contributed by atoms with E-state index in [0.717, 1.165) is 0 Å². The largest absolute Gasteiger partial charge is 0.324 e. The van der Waals surface area contributed by atoms with Crippen LogP contribution in [-0.4, -0.2) is 27.1 Å². The number of hydrogen-bond donors (Lipinski definition) is 1. The Kier molecular flexibility index (Phi) is 6.59. The average Bonchev–Trinajstić information content (AvgIpc) is 3.08. The number of para-hydroxylation sites is 2. The van der Waals surface area contributed by atoms with Gasteiger partial charge in [0.15, 0.2) is 11.5 Å². The molecule has 1 atom stereocenters. The van der Waals surface area contributed by atoms with Crippen LogP contribution in [0.15, 0.2) is 106 Å². The molecule has 3 aromatic carbocycles. The maximum Gasteiger partial charge on any atom is 0.299 e. The van der Waals surface area contributed by atoms with Gasteiger partial charge in [-0.05, 0) is 31.2 Å². The minimum Gasteiger partial charge on any atom is -0.324 e. The molecule has 34 heavy (non-hydrogen) atoms. The van der Waals surface area contributed by atoms with Crippen molar-refractivity contribution < 1.29 is 9.59 Å². The Hall–Kier alpha value is -4.59. The third kappa shape index (κ3) is 4.61. The number of hydrogen-bond acceptors (Lipinski definition) is 5. The number of carbonyl (C=O) groups excluding carboxylic acids is 2. The predicted molar refractivity (Wildman–Crippen MR) is 130 cm³/mol. The molecule has 1 N–H and O–H groups in total. The molecule has 0 spiro atoms. The maximum absolute atomic E-state index is 13.2. The summed E-state index contributed by atoms with van der Waals surface area (Å²) in [6.07, 6.45) is 0. The summed E-state index contributed by atoms with van der Waals surface area (Å²) in [5, 5.41) is 10.9. The van der Waals surface area contributed by atoms with Crippen LogP contribution >= 0.6 is 0 Å². The molecule has 8 nitrogen and oxygen atoms in total. The second kappa shape index (κ2) is 9.91. The molecule has 170 valence electrons. The van der Waals surface area contributed by atoms with Crippen LogP contribution in [-0.2, 0) is 11.8 Å². The first kappa shape index (κ1) is 22.6. The molecular weight excluding hydrogens is 430 g/mol. The molecular formula is C26H23N5O3. The second-order valence-corrected chi connectivity index (χ2v) is 7.61. The topological polar surface area (TPSA) is 97.8 Å². The van der Waals surface area contributed by atoms with Crippen molar-refractivity contribution in [2.24, 2.45) is 17.3 Å². The van der Waals surface area contributed by atoms with Crippen LogP contribution in [0.25, 0.3) is 5.69 Å². The summed E-state index contributed by atoms with van der Waals surface area (Å²) in [4.78, 5) is 39.3. The van der Waals surface area contributed by atoms with Gasteiger partial charge in [0.2, 0.25) is 6.04 Å². The van der Waals surface area contributed by atoms with Crippen molar-refractivity contribution in [3.63, 3.8) is 0 Å². The van der Waals surface area contributed by atoms with Crippen molar-refractivity contribution in [2.45, 2.75) is 13.0 Å². The van der Waals surface area contributed by atoms with Crippen molar-refractivity contribution >= 4 is 23.1 Å². The van der Waals surface area contributed by atoms with E-state index >= 15 is 0 Å². The highest BCUT2D eigenvalue weighted by Crippen LogP contribution is 2.19. The van der Waals surface area contributed by atoms with Crippen LogP contribution in [0.5, 0.6) is 0 Å². The Morgan fingerprint density at radius 2 is 1.41 bits per heavy atom. The van der Waals surface area contributed by atoms with Gasteiger partial charge in [-0.15, -0.1) is 5.11 Å². The zero-order chi connectivity index (χ0) is 24.1. The molecule has 0 saturated heterocycles. The molecule has 0 saturated carbocycles. The standard InChI is InChI=1S/C26H23N5O3/c1-18-22(26(34)31(30(18)2)21-16-10-5-11-17-21)28-29-23(24(32)19-12-6-3-7-13-19)25(33)27-20-14-8-4-9-15-20/h3-17,23H,1-2H3,(H,27,33). The molecule has 1 amide bonds. The number of rotatable bonds is 7. The molecule has 0 aliphatic carbocycles.